The largest absolute Gasteiger partial charge is 0.480 e. The molecule has 6 heteroatoms. The maximum absolute atomic E-state index is 13.4. The van der Waals surface area contributed by atoms with Gasteiger partial charge >= 0.3 is 5.97 Å². The maximum Gasteiger partial charge on any atom is 0.326 e. The molecule has 96 valence electrons. The number of nitrogens with one attached hydrogen (secondary N) is 1. The Balaban J connectivity index is 2.32. The molecule has 1 heterocycles. The lowest BCUT2D eigenvalue weighted by Gasteiger charge is -2.15. The van der Waals surface area contributed by atoms with Crippen molar-refractivity contribution in [2.75, 3.05) is 5.32 Å². The molecule has 0 saturated heterocycles. The van der Waals surface area contributed by atoms with Crippen LogP contribution >= 0.6 is 0 Å². The summed E-state index contributed by atoms with van der Waals surface area (Å²) in [7, 11) is 0. The summed E-state index contributed by atoms with van der Waals surface area (Å²) in [5, 5.41) is 11.7. The molecule has 0 fully saturated rings. The normalized spacial score (nSPS) is 12.9. The Morgan fingerprint density at radius 3 is 2.78 bits per heavy atom. The smallest absolute Gasteiger partial charge is 0.326 e. The molecule has 0 aliphatic rings. The minimum absolute atomic E-state index is 0.0104. The molecule has 2 rings (SSSR count). The van der Waals surface area contributed by atoms with E-state index in [-0.39, 0.29) is 23.0 Å². The monoisotopic (exact) mass is 252 g/mol. The first-order chi connectivity index (χ1) is 8.49. The highest BCUT2D eigenvalue weighted by atomic mass is 19.1. The van der Waals surface area contributed by atoms with Gasteiger partial charge in [0.2, 0.25) is 0 Å². The fourth-order valence-corrected chi connectivity index (χ4v) is 1.62. The summed E-state index contributed by atoms with van der Waals surface area (Å²) in [6, 6.07) is 3.52. The molecule has 0 spiro atoms. The van der Waals surface area contributed by atoms with Crippen molar-refractivity contribution in [2.45, 2.75) is 19.9 Å². The van der Waals surface area contributed by atoms with Crippen molar-refractivity contribution in [1.29, 1.82) is 0 Å². The average Bonchev–Trinajstić information content (AvgIpc) is 2.69. The molecule has 2 N–H and O–H groups in total. The standard InChI is InChI=1S/C12H13FN2O3/c1-6(2)9(11(16)17)14-12-15-10-7(13)4-3-5-8(10)18-12/h3-6,9H,1-2H3,(H,14,15)(H,16,17)/t9-/m0/s1. The topological polar surface area (TPSA) is 75.4 Å². The van der Waals surface area contributed by atoms with Gasteiger partial charge in [0, 0.05) is 0 Å². The van der Waals surface area contributed by atoms with E-state index in [1.54, 1.807) is 19.9 Å². The lowest BCUT2D eigenvalue weighted by molar-refractivity contribution is -0.138. The van der Waals surface area contributed by atoms with Gasteiger partial charge in [0.25, 0.3) is 6.01 Å². The number of rotatable bonds is 4. The third-order valence-corrected chi connectivity index (χ3v) is 2.58. The van der Waals surface area contributed by atoms with E-state index in [0.29, 0.717) is 0 Å². The number of hydrogen-bond acceptors (Lipinski definition) is 4. The van der Waals surface area contributed by atoms with Gasteiger partial charge < -0.3 is 14.8 Å². The van der Waals surface area contributed by atoms with Gasteiger partial charge in [-0.1, -0.05) is 19.9 Å². The van der Waals surface area contributed by atoms with Gasteiger partial charge in [-0.05, 0) is 18.1 Å². The molecule has 0 aliphatic heterocycles. The van der Waals surface area contributed by atoms with Crippen molar-refractivity contribution in [3.05, 3.63) is 24.0 Å². The van der Waals surface area contributed by atoms with Crippen molar-refractivity contribution in [3.8, 4) is 0 Å². The number of carboxylic acids is 1. The summed E-state index contributed by atoms with van der Waals surface area (Å²) in [5.74, 6) is -1.66. The Hall–Kier alpha value is -2.11. The van der Waals surface area contributed by atoms with Gasteiger partial charge in [-0.25, -0.2) is 9.18 Å². The Morgan fingerprint density at radius 1 is 1.50 bits per heavy atom. The SMILES string of the molecule is CC(C)[C@H](Nc1nc2c(F)cccc2o1)C(=O)O. The van der Waals surface area contributed by atoms with E-state index in [4.69, 9.17) is 9.52 Å². The molecule has 1 aromatic carbocycles. The molecular formula is C12H13FN2O3. The van der Waals surface area contributed by atoms with Crippen molar-refractivity contribution in [2.24, 2.45) is 5.92 Å². The Bertz CT molecular complexity index is 580. The summed E-state index contributed by atoms with van der Waals surface area (Å²) >= 11 is 0. The van der Waals surface area contributed by atoms with Crippen LogP contribution in [0.5, 0.6) is 0 Å². The van der Waals surface area contributed by atoms with Crippen molar-refractivity contribution < 1.29 is 18.7 Å². The van der Waals surface area contributed by atoms with Gasteiger partial charge in [0.05, 0.1) is 0 Å². The second-order valence-corrected chi connectivity index (χ2v) is 4.31. The van der Waals surface area contributed by atoms with E-state index in [1.165, 1.54) is 12.1 Å². The molecule has 1 atom stereocenters. The van der Waals surface area contributed by atoms with Gasteiger partial charge in [0.1, 0.15) is 11.6 Å². The Morgan fingerprint density at radius 2 is 2.22 bits per heavy atom. The molecule has 0 radical (unpaired) electrons. The van der Waals surface area contributed by atoms with Crippen molar-refractivity contribution in [1.82, 2.24) is 4.98 Å². The second kappa shape index (κ2) is 4.64. The summed E-state index contributed by atoms with van der Waals surface area (Å²) in [6.07, 6.45) is 0. The molecular weight excluding hydrogens is 239 g/mol. The molecule has 0 aliphatic carbocycles. The predicted octanol–water partition coefficient (Wildman–Crippen LogP) is 2.49. The zero-order chi connectivity index (χ0) is 13.3. The number of hydrogen-bond donors (Lipinski definition) is 2. The van der Waals surface area contributed by atoms with Crippen molar-refractivity contribution in [3.63, 3.8) is 0 Å². The van der Waals surface area contributed by atoms with Gasteiger partial charge in [-0.2, -0.15) is 4.98 Å². The number of benzene rings is 1. The van der Waals surface area contributed by atoms with Crippen LogP contribution in [-0.2, 0) is 4.79 Å². The highest BCUT2D eigenvalue weighted by Gasteiger charge is 2.23. The van der Waals surface area contributed by atoms with E-state index in [9.17, 15) is 9.18 Å². The molecule has 0 saturated carbocycles. The minimum atomic E-state index is -1.01. The fourth-order valence-electron chi connectivity index (χ4n) is 1.62. The number of para-hydroxylation sites is 1. The van der Waals surface area contributed by atoms with E-state index < -0.39 is 17.8 Å². The van der Waals surface area contributed by atoms with E-state index in [2.05, 4.69) is 10.3 Å². The first-order valence-corrected chi connectivity index (χ1v) is 5.53. The van der Waals surface area contributed by atoms with Crippen LogP contribution in [0.25, 0.3) is 11.1 Å². The molecule has 18 heavy (non-hydrogen) atoms. The van der Waals surface area contributed by atoms with E-state index >= 15 is 0 Å². The number of aromatic nitrogens is 1. The van der Waals surface area contributed by atoms with Crippen LogP contribution in [0.1, 0.15) is 13.8 Å². The highest BCUT2D eigenvalue weighted by Crippen LogP contribution is 2.22. The Labute approximate surface area is 103 Å². The molecule has 0 bridgehead atoms. The van der Waals surface area contributed by atoms with Crippen LogP contribution in [0.2, 0.25) is 0 Å². The first-order valence-electron chi connectivity index (χ1n) is 5.53. The third-order valence-electron chi connectivity index (χ3n) is 2.58. The number of carboxylic acid groups (broad SMARTS) is 1. The molecule has 2 aromatic rings. The number of aliphatic carboxylic acids is 1. The number of nitrogens with zero attached hydrogens (tertiary/aromatic N) is 1. The van der Waals surface area contributed by atoms with Crippen molar-refractivity contribution >= 4 is 23.1 Å². The third kappa shape index (κ3) is 2.27. The van der Waals surface area contributed by atoms with Crippen LogP contribution in [0.15, 0.2) is 22.6 Å². The zero-order valence-corrected chi connectivity index (χ0v) is 9.98. The fraction of sp³-hybridized carbons (Fsp3) is 0.333. The van der Waals surface area contributed by atoms with Gasteiger partial charge in [-0.15, -0.1) is 0 Å². The van der Waals surface area contributed by atoms with Crippen LogP contribution in [0.4, 0.5) is 10.4 Å². The number of fused-ring (bicyclic) bond motifs is 1. The summed E-state index contributed by atoms with van der Waals surface area (Å²) in [4.78, 5) is 14.9. The molecule has 5 nitrogen and oxygen atoms in total. The number of anilines is 1. The summed E-state index contributed by atoms with van der Waals surface area (Å²) in [6.45, 7) is 3.52. The van der Waals surface area contributed by atoms with E-state index in [0.717, 1.165) is 0 Å². The highest BCUT2D eigenvalue weighted by molar-refractivity contribution is 5.79. The molecule has 0 unspecified atom stereocenters. The predicted molar refractivity (Wildman–Crippen MR) is 63.9 cm³/mol. The summed E-state index contributed by atoms with van der Waals surface area (Å²) < 4.78 is 18.6. The Kier molecular flexibility index (Phi) is 3.18. The van der Waals surface area contributed by atoms with E-state index in [1.807, 2.05) is 0 Å². The minimum Gasteiger partial charge on any atom is -0.480 e. The number of carbonyl (C=O) groups is 1. The maximum atomic E-state index is 13.4. The average molecular weight is 252 g/mol. The van der Waals surface area contributed by atoms with Gasteiger partial charge in [-0.3, -0.25) is 0 Å². The molecule has 0 amide bonds. The van der Waals surface area contributed by atoms with Crippen LogP contribution in [0, 0.1) is 11.7 Å². The second-order valence-electron chi connectivity index (χ2n) is 4.31. The summed E-state index contributed by atoms with van der Waals surface area (Å²) in [5.41, 5.74) is 0.373. The van der Waals surface area contributed by atoms with Crippen LogP contribution in [-0.4, -0.2) is 22.1 Å². The molecule has 1 aromatic heterocycles. The van der Waals surface area contributed by atoms with Gasteiger partial charge in [0.15, 0.2) is 11.4 Å². The first kappa shape index (κ1) is 12.3. The van der Waals surface area contributed by atoms with Crippen LogP contribution in [0.3, 0.4) is 0 Å². The number of halogens is 1. The quantitative estimate of drug-likeness (QED) is 0.874. The lowest BCUT2D eigenvalue weighted by Crippen LogP contribution is -2.34. The zero-order valence-electron chi connectivity index (χ0n) is 9.98. The number of oxazole rings is 1. The van der Waals surface area contributed by atoms with Crippen LogP contribution < -0.4 is 5.32 Å². The lowest BCUT2D eigenvalue weighted by atomic mass is 10.1.